The molecule has 0 aliphatic heterocycles. The maximum Gasteiger partial charge on any atom is 0.314 e. The van der Waals surface area contributed by atoms with Crippen molar-refractivity contribution in [2.45, 2.75) is 5.22 Å². The molecule has 1 N–H and O–H groups in total. The first kappa shape index (κ1) is 10.6. The summed E-state index contributed by atoms with van der Waals surface area (Å²) in [5.41, 5.74) is 0.779. The van der Waals surface area contributed by atoms with Crippen molar-refractivity contribution < 1.29 is 14.4 Å². The first-order chi connectivity index (χ1) is 7.75. The summed E-state index contributed by atoms with van der Waals surface area (Å²) in [6.07, 6.45) is 3.24. The molecular formula is C9H7N3O3S. The van der Waals surface area contributed by atoms with E-state index in [4.69, 9.17) is 9.63 Å². The molecule has 0 aromatic carbocycles. The lowest BCUT2D eigenvalue weighted by Gasteiger charge is -1.90. The van der Waals surface area contributed by atoms with Gasteiger partial charge in [-0.25, -0.2) is 0 Å². The van der Waals surface area contributed by atoms with Gasteiger partial charge >= 0.3 is 5.97 Å². The van der Waals surface area contributed by atoms with Gasteiger partial charge in [0.15, 0.2) is 0 Å². The summed E-state index contributed by atoms with van der Waals surface area (Å²) in [6.45, 7) is 0. The molecule has 0 radical (unpaired) electrons. The highest BCUT2D eigenvalue weighted by atomic mass is 32.2. The molecule has 0 spiro atoms. The van der Waals surface area contributed by atoms with Gasteiger partial charge in [0.1, 0.15) is 5.75 Å². The van der Waals surface area contributed by atoms with Crippen LogP contribution in [0.3, 0.4) is 0 Å². The van der Waals surface area contributed by atoms with Crippen LogP contribution in [0.4, 0.5) is 0 Å². The van der Waals surface area contributed by atoms with Gasteiger partial charge < -0.3 is 9.63 Å². The van der Waals surface area contributed by atoms with Crippen LogP contribution in [0.25, 0.3) is 11.4 Å². The van der Waals surface area contributed by atoms with Crippen LogP contribution < -0.4 is 0 Å². The smallest absolute Gasteiger partial charge is 0.314 e. The Morgan fingerprint density at radius 3 is 2.88 bits per heavy atom. The maximum absolute atomic E-state index is 10.3. The molecule has 0 amide bonds. The molecule has 0 bridgehead atoms. The molecule has 0 atom stereocenters. The molecule has 16 heavy (non-hydrogen) atoms. The summed E-state index contributed by atoms with van der Waals surface area (Å²) >= 11 is 0.989. The summed E-state index contributed by atoms with van der Waals surface area (Å²) in [5, 5.41) is 12.5. The van der Waals surface area contributed by atoms with Crippen LogP contribution in [-0.4, -0.2) is 32.0 Å². The van der Waals surface area contributed by atoms with E-state index < -0.39 is 5.97 Å². The van der Waals surface area contributed by atoms with Crippen LogP contribution in [0.1, 0.15) is 0 Å². The minimum Gasteiger partial charge on any atom is -0.481 e. The molecule has 82 valence electrons. The molecule has 2 aromatic heterocycles. The normalized spacial score (nSPS) is 10.2. The van der Waals surface area contributed by atoms with Crippen molar-refractivity contribution in [3.63, 3.8) is 0 Å². The Kier molecular flexibility index (Phi) is 3.16. The fourth-order valence-electron chi connectivity index (χ4n) is 1.01. The third-order valence-electron chi connectivity index (χ3n) is 1.67. The highest BCUT2D eigenvalue weighted by Crippen LogP contribution is 2.20. The van der Waals surface area contributed by atoms with E-state index in [0.29, 0.717) is 5.82 Å². The number of hydrogen-bond donors (Lipinski definition) is 1. The highest BCUT2D eigenvalue weighted by Gasteiger charge is 2.10. The average molecular weight is 237 g/mol. The predicted octanol–water partition coefficient (Wildman–Crippen LogP) is 1.31. The number of thioether (sulfide) groups is 1. The van der Waals surface area contributed by atoms with Gasteiger partial charge in [-0.15, -0.1) is 0 Å². The third-order valence-corrected chi connectivity index (χ3v) is 2.47. The summed E-state index contributed by atoms with van der Waals surface area (Å²) in [4.78, 5) is 18.2. The van der Waals surface area contributed by atoms with Crippen LogP contribution >= 0.6 is 11.8 Å². The first-order valence-electron chi connectivity index (χ1n) is 4.34. The number of carboxylic acids is 1. The Bertz CT molecular complexity index is 486. The van der Waals surface area contributed by atoms with Crippen molar-refractivity contribution in [3.05, 3.63) is 24.5 Å². The average Bonchev–Trinajstić information content (AvgIpc) is 2.76. The molecule has 7 heteroatoms. The Morgan fingerprint density at radius 1 is 1.44 bits per heavy atom. The Hall–Kier alpha value is -1.89. The van der Waals surface area contributed by atoms with Crippen molar-refractivity contribution in [1.29, 1.82) is 0 Å². The van der Waals surface area contributed by atoms with Crippen LogP contribution in [-0.2, 0) is 4.79 Å². The van der Waals surface area contributed by atoms with E-state index >= 15 is 0 Å². The van der Waals surface area contributed by atoms with Gasteiger partial charge in [0.2, 0.25) is 5.82 Å². The molecule has 0 unspecified atom stereocenters. The number of carbonyl (C=O) groups is 1. The van der Waals surface area contributed by atoms with E-state index in [0.717, 1.165) is 17.3 Å². The molecule has 0 aliphatic carbocycles. The second kappa shape index (κ2) is 4.75. The fraction of sp³-hybridized carbons (Fsp3) is 0.111. The van der Waals surface area contributed by atoms with Crippen molar-refractivity contribution >= 4 is 17.7 Å². The van der Waals surface area contributed by atoms with Gasteiger partial charge in [-0.3, -0.25) is 9.78 Å². The zero-order valence-electron chi connectivity index (χ0n) is 8.03. The van der Waals surface area contributed by atoms with Crippen molar-refractivity contribution in [2.24, 2.45) is 0 Å². The van der Waals surface area contributed by atoms with E-state index in [-0.39, 0.29) is 11.0 Å². The standard InChI is InChI=1S/C9H7N3O3S/c13-7(14)5-16-9-11-8(12-15-9)6-1-3-10-4-2-6/h1-4H,5H2,(H,13,14). The number of pyridine rings is 1. The minimum absolute atomic E-state index is 0.0992. The lowest BCUT2D eigenvalue weighted by Crippen LogP contribution is -1.97. The second-order valence-corrected chi connectivity index (χ2v) is 3.73. The summed E-state index contributed by atoms with van der Waals surface area (Å²) < 4.78 is 4.89. The third kappa shape index (κ3) is 2.57. The molecule has 2 heterocycles. The van der Waals surface area contributed by atoms with Gasteiger partial charge in [0.25, 0.3) is 5.22 Å². The number of carboxylic acid groups (broad SMARTS) is 1. The van der Waals surface area contributed by atoms with E-state index in [2.05, 4.69) is 15.1 Å². The number of aromatic nitrogens is 3. The van der Waals surface area contributed by atoms with Gasteiger partial charge in [0, 0.05) is 18.0 Å². The number of rotatable bonds is 4. The lowest BCUT2D eigenvalue weighted by atomic mass is 10.3. The summed E-state index contributed by atoms with van der Waals surface area (Å²) in [7, 11) is 0. The quantitative estimate of drug-likeness (QED) is 0.801. The highest BCUT2D eigenvalue weighted by molar-refractivity contribution is 7.99. The molecule has 2 aromatic rings. The number of aliphatic carboxylic acids is 1. The Balaban J connectivity index is 2.11. The second-order valence-electron chi connectivity index (χ2n) is 2.80. The van der Waals surface area contributed by atoms with Crippen LogP contribution in [0.5, 0.6) is 0 Å². The van der Waals surface area contributed by atoms with E-state index in [1.54, 1.807) is 24.5 Å². The molecule has 0 fully saturated rings. The fourth-order valence-corrected chi connectivity index (χ4v) is 1.50. The minimum atomic E-state index is -0.923. The zero-order chi connectivity index (χ0) is 11.4. The number of hydrogen-bond acceptors (Lipinski definition) is 6. The van der Waals surface area contributed by atoms with Crippen molar-refractivity contribution in [3.8, 4) is 11.4 Å². The SMILES string of the molecule is O=C(O)CSc1nc(-c2ccncc2)no1. The van der Waals surface area contributed by atoms with Crippen LogP contribution in [0.2, 0.25) is 0 Å². The van der Waals surface area contributed by atoms with E-state index in [1.807, 2.05) is 0 Å². The van der Waals surface area contributed by atoms with E-state index in [9.17, 15) is 4.79 Å². The summed E-state index contributed by atoms with van der Waals surface area (Å²) in [6, 6.07) is 3.49. The predicted molar refractivity (Wildman–Crippen MR) is 55.9 cm³/mol. The molecule has 6 nitrogen and oxygen atoms in total. The van der Waals surface area contributed by atoms with Crippen LogP contribution in [0, 0.1) is 0 Å². The molecule has 0 saturated heterocycles. The van der Waals surface area contributed by atoms with Gasteiger partial charge in [-0.2, -0.15) is 4.98 Å². The van der Waals surface area contributed by atoms with E-state index in [1.165, 1.54) is 0 Å². The van der Waals surface area contributed by atoms with Gasteiger partial charge in [-0.05, 0) is 12.1 Å². The largest absolute Gasteiger partial charge is 0.481 e. The van der Waals surface area contributed by atoms with Gasteiger partial charge in [0.05, 0.1) is 0 Å². The molecular weight excluding hydrogens is 230 g/mol. The topological polar surface area (TPSA) is 89.1 Å². The summed E-state index contributed by atoms with van der Waals surface area (Å²) in [5.74, 6) is -0.596. The molecule has 0 aliphatic rings. The monoisotopic (exact) mass is 237 g/mol. The Morgan fingerprint density at radius 2 is 2.19 bits per heavy atom. The zero-order valence-corrected chi connectivity index (χ0v) is 8.85. The first-order valence-corrected chi connectivity index (χ1v) is 5.33. The van der Waals surface area contributed by atoms with Crippen molar-refractivity contribution in [1.82, 2.24) is 15.1 Å². The number of nitrogens with zero attached hydrogens (tertiary/aromatic N) is 3. The Labute approximate surface area is 94.7 Å². The molecule has 2 rings (SSSR count). The lowest BCUT2D eigenvalue weighted by molar-refractivity contribution is -0.133. The van der Waals surface area contributed by atoms with Crippen molar-refractivity contribution in [2.75, 3.05) is 5.75 Å². The molecule has 0 saturated carbocycles. The maximum atomic E-state index is 10.3. The van der Waals surface area contributed by atoms with Gasteiger partial charge in [-0.1, -0.05) is 16.9 Å². The van der Waals surface area contributed by atoms with Crippen LogP contribution in [0.15, 0.2) is 34.3 Å².